The van der Waals surface area contributed by atoms with E-state index < -0.39 is 0 Å². The highest BCUT2D eigenvalue weighted by atomic mass is 16.5. The predicted octanol–water partition coefficient (Wildman–Crippen LogP) is 2.46. The van der Waals surface area contributed by atoms with Crippen LogP contribution in [0.3, 0.4) is 0 Å². The molecule has 118 valence electrons. The number of nitrogens with one attached hydrogen (secondary N) is 1. The van der Waals surface area contributed by atoms with Gasteiger partial charge in [-0.1, -0.05) is 19.1 Å². The third-order valence-electron chi connectivity index (χ3n) is 4.39. The molecule has 1 aromatic carbocycles. The zero-order valence-corrected chi connectivity index (χ0v) is 13.7. The van der Waals surface area contributed by atoms with E-state index in [4.69, 9.17) is 9.47 Å². The largest absolute Gasteiger partial charge is 0.497 e. The molecule has 4 nitrogen and oxygen atoms in total. The van der Waals surface area contributed by atoms with E-state index in [-0.39, 0.29) is 11.6 Å². The van der Waals surface area contributed by atoms with Gasteiger partial charge < -0.3 is 14.8 Å². The first-order valence-corrected chi connectivity index (χ1v) is 7.79. The molecule has 1 heterocycles. The molecule has 0 bridgehead atoms. The Morgan fingerprint density at radius 2 is 1.86 bits per heavy atom. The predicted molar refractivity (Wildman–Crippen MR) is 85.9 cm³/mol. The zero-order chi connectivity index (χ0) is 15.3. The van der Waals surface area contributed by atoms with Gasteiger partial charge in [-0.3, -0.25) is 4.90 Å². The Morgan fingerprint density at radius 3 is 2.38 bits per heavy atom. The highest BCUT2D eigenvalue weighted by Gasteiger charge is 2.36. The van der Waals surface area contributed by atoms with Crippen LogP contribution < -0.4 is 10.1 Å². The lowest BCUT2D eigenvalue weighted by atomic mass is 9.86. The van der Waals surface area contributed by atoms with E-state index in [1.165, 1.54) is 5.56 Å². The lowest BCUT2D eigenvalue weighted by molar-refractivity contribution is -0.0236. The van der Waals surface area contributed by atoms with Crippen LogP contribution in [-0.2, 0) is 4.74 Å². The highest BCUT2D eigenvalue weighted by molar-refractivity contribution is 5.31. The second-order valence-corrected chi connectivity index (χ2v) is 6.02. The Hall–Kier alpha value is -1.10. The van der Waals surface area contributed by atoms with E-state index in [1.54, 1.807) is 7.11 Å². The molecule has 0 saturated carbocycles. The molecular weight excluding hydrogens is 264 g/mol. The Kier molecular flexibility index (Phi) is 5.62. The van der Waals surface area contributed by atoms with Gasteiger partial charge in [0, 0.05) is 18.6 Å². The van der Waals surface area contributed by atoms with E-state index in [0.29, 0.717) is 0 Å². The monoisotopic (exact) mass is 292 g/mol. The maximum absolute atomic E-state index is 5.49. The molecule has 1 saturated heterocycles. The van der Waals surface area contributed by atoms with Crippen molar-refractivity contribution in [2.75, 3.05) is 40.0 Å². The average Bonchev–Trinajstić information content (AvgIpc) is 2.53. The number of hydrogen-bond acceptors (Lipinski definition) is 4. The molecule has 0 aliphatic carbocycles. The van der Waals surface area contributed by atoms with Gasteiger partial charge in [0.15, 0.2) is 0 Å². The van der Waals surface area contributed by atoms with Gasteiger partial charge in [0.05, 0.1) is 26.4 Å². The topological polar surface area (TPSA) is 33.7 Å². The molecule has 1 atom stereocenters. The first-order chi connectivity index (χ1) is 10.1. The van der Waals surface area contributed by atoms with Gasteiger partial charge in [0.25, 0.3) is 0 Å². The van der Waals surface area contributed by atoms with Gasteiger partial charge >= 0.3 is 0 Å². The third kappa shape index (κ3) is 3.76. The van der Waals surface area contributed by atoms with Crippen LogP contribution >= 0.6 is 0 Å². The van der Waals surface area contributed by atoms with Gasteiger partial charge in [0.1, 0.15) is 5.75 Å². The van der Waals surface area contributed by atoms with Crippen molar-refractivity contribution in [2.24, 2.45) is 0 Å². The fourth-order valence-corrected chi connectivity index (χ4v) is 3.10. The lowest BCUT2D eigenvalue weighted by Gasteiger charge is -2.46. The molecule has 1 fully saturated rings. The summed E-state index contributed by atoms with van der Waals surface area (Å²) < 4.78 is 10.8. The van der Waals surface area contributed by atoms with Gasteiger partial charge in [-0.25, -0.2) is 0 Å². The zero-order valence-electron chi connectivity index (χ0n) is 13.7. The molecule has 1 aliphatic heterocycles. The van der Waals surface area contributed by atoms with Crippen molar-refractivity contribution < 1.29 is 9.47 Å². The van der Waals surface area contributed by atoms with Gasteiger partial charge in [-0.05, 0) is 38.1 Å². The summed E-state index contributed by atoms with van der Waals surface area (Å²) in [5, 5.41) is 3.65. The van der Waals surface area contributed by atoms with E-state index in [9.17, 15) is 0 Å². The number of nitrogens with zero attached hydrogens (tertiary/aromatic N) is 1. The summed E-state index contributed by atoms with van der Waals surface area (Å²) in [5.41, 5.74) is 1.34. The molecule has 1 N–H and O–H groups in total. The molecule has 0 amide bonds. The molecule has 0 radical (unpaired) electrons. The van der Waals surface area contributed by atoms with Crippen molar-refractivity contribution in [3.63, 3.8) is 0 Å². The van der Waals surface area contributed by atoms with Gasteiger partial charge in [-0.15, -0.1) is 0 Å². The third-order valence-corrected chi connectivity index (χ3v) is 4.39. The summed E-state index contributed by atoms with van der Waals surface area (Å²) in [4.78, 5) is 2.52. The van der Waals surface area contributed by atoms with Crippen LogP contribution in [0.5, 0.6) is 5.75 Å². The minimum absolute atomic E-state index is 0.0361. The molecule has 1 aromatic rings. The molecule has 1 unspecified atom stereocenters. The number of likely N-dealkylation sites (N-methyl/N-ethyl adjacent to an activating group) is 1. The molecule has 0 aromatic heterocycles. The number of ether oxygens (including phenoxy) is 2. The Labute approximate surface area is 128 Å². The van der Waals surface area contributed by atoms with E-state index in [0.717, 1.165) is 38.6 Å². The minimum Gasteiger partial charge on any atom is -0.497 e. The van der Waals surface area contributed by atoms with Crippen molar-refractivity contribution in [1.29, 1.82) is 0 Å². The first kappa shape index (κ1) is 16.3. The second-order valence-electron chi connectivity index (χ2n) is 6.02. The van der Waals surface area contributed by atoms with Crippen LogP contribution in [-0.4, -0.2) is 50.4 Å². The number of morpholine rings is 1. The van der Waals surface area contributed by atoms with Crippen LogP contribution in [0.1, 0.15) is 32.4 Å². The van der Waals surface area contributed by atoms with Crippen molar-refractivity contribution >= 4 is 0 Å². The van der Waals surface area contributed by atoms with Crippen LogP contribution in [0.4, 0.5) is 0 Å². The molecular formula is C17H28N2O2. The van der Waals surface area contributed by atoms with Gasteiger partial charge in [0.2, 0.25) is 0 Å². The SMILES string of the molecule is CCNC(c1ccc(OC)cc1)C(C)(C)N1CCOCC1. The summed E-state index contributed by atoms with van der Waals surface area (Å²) in [7, 11) is 1.70. The first-order valence-electron chi connectivity index (χ1n) is 7.79. The normalized spacial score (nSPS) is 18.5. The quantitative estimate of drug-likeness (QED) is 0.873. The minimum atomic E-state index is 0.0361. The van der Waals surface area contributed by atoms with Crippen LogP contribution in [0.15, 0.2) is 24.3 Å². The van der Waals surface area contributed by atoms with Crippen LogP contribution in [0.2, 0.25) is 0 Å². The van der Waals surface area contributed by atoms with E-state index in [1.807, 2.05) is 12.1 Å². The fraction of sp³-hybridized carbons (Fsp3) is 0.647. The molecule has 0 spiro atoms. The van der Waals surface area contributed by atoms with Crippen molar-refractivity contribution in [3.05, 3.63) is 29.8 Å². The number of methoxy groups -OCH3 is 1. The van der Waals surface area contributed by atoms with Crippen molar-refractivity contribution in [2.45, 2.75) is 32.4 Å². The maximum atomic E-state index is 5.49. The number of benzene rings is 1. The summed E-state index contributed by atoms with van der Waals surface area (Å²) in [6, 6.07) is 8.68. The Bertz CT molecular complexity index is 425. The van der Waals surface area contributed by atoms with E-state index >= 15 is 0 Å². The summed E-state index contributed by atoms with van der Waals surface area (Å²) in [6.07, 6.45) is 0. The van der Waals surface area contributed by atoms with Crippen molar-refractivity contribution in [3.8, 4) is 5.75 Å². The Morgan fingerprint density at radius 1 is 1.24 bits per heavy atom. The van der Waals surface area contributed by atoms with E-state index in [2.05, 4.69) is 43.1 Å². The highest BCUT2D eigenvalue weighted by Crippen LogP contribution is 2.32. The van der Waals surface area contributed by atoms with Crippen molar-refractivity contribution in [1.82, 2.24) is 10.2 Å². The van der Waals surface area contributed by atoms with Crippen LogP contribution in [0.25, 0.3) is 0 Å². The summed E-state index contributed by atoms with van der Waals surface area (Å²) in [6.45, 7) is 11.4. The molecule has 21 heavy (non-hydrogen) atoms. The Balaban J connectivity index is 2.22. The molecule has 1 aliphatic rings. The average molecular weight is 292 g/mol. The maximum Gasteiger partial charge on any atom is 0.118 e. The molecule has 2 rings (SSSR count). The van der Waals surface area contributed by atoms with Crippen LogP contribution in [0, 0.1) is 0 Å². The van der Waals surface area contributed by atoms with Gasteiger partial charge in [-0.2, -0.15) is 0 Å². The standard InChI is InChI=1S/C17H28N2O2/c1-5-18-16(14-6-8-15(20-4)9-7-14)17(2,3)19-10-12-21-13-11-19/h6-9,16,18H,5,10-13H2,1-4H3. The summed E-state index contributed by atoms with van der Waals surface area (Å²) in [5.74, 6) is 0.901. The second kappa shape index (κ2) is 7.25. The smallest absolute Gasteiger partial charge is 0.118 e. The molecule has 4 heteroatoms. The summed E-state index contributed by atoms with van der Waals surface area (Å²) >= 11 is 0. The number of hydrogen-bond donors (Lipinski definition) is 1. The number of rotatable bonds is 6. The fourth-order valence-electron chi connectivity index (χ4n) is 3.10. The lowest BCUT2D eigenvalue weighted by Crippen LogP contribution is -2.56.